The second-order valence-corrected chi connectivity index (χ2v) is 7.46. The van der Waals surface area contributed by atoms with Gasteiger partial charge in [0.1, 0.15) is 18.1 Å². The Labute approximate surface area is 195 Å². The zero-order chi connectivity index (χ0) is 26.3. The molecule has 3 amide bonds. The molecular formula is C19H33N5O10. The van der Waals surface area contributed by atoms with E-state index in [0.717, 1.165) is 0 Å². The van der Waals surface area contributed by atoms with Gasteiger partial charge in [-0.3, -0.25) is 24.0 Å². The van der Waals surface area contributed by atoms with Gasteiger partial charge in [0.15, 0.2) is 0 Å². The highest BCUT2D eigenvalue weighted by atomic mass is 16.4. The van der Waals surface area contributed by atoms with Crippen LogP contribution in [0.15, 0.2) is 0 Å². The lowest BCUT2D eigenvalue weighted by molar-refractivity contribution is -0.144. The molecule has 0 saturated heterocycles. The summed E-state index contributed by atoms with van der Waals surface area (Å²) in [6.07, 6.45) is -0.500. The Hall–Kier alpha value is -3.30. The summed E-state index contributed by atoms with van der Waals surface area (Å²) in [5, 5.41) is 42.4. The van der Waals surface area contributed by atoms with Crippen molar-refractivity contribution in [3.63, 3.8) is 0 Å². The van der Waals surface area contributed by atoms with Crippen LogP contribution in [0.3, 0.4) is 0 Å². The lowest BCUT2D eigenvalue weighted by Gasteiger charge is -2.24. The molecular weight excluding hydrogens is 458 g/mol. The van der Waals surface area contributed by atoms with Crippen LogP contribution in [-0.2, 0) is 28.8 Å². The maximum absolute atomic E-state index is 12.8. The van der Waals surface area contributed by atoms with Crippen LogP contribution in [0.1, 0.15) is 44.9 Å². The number of nitrogens with one attached hydrogen (secondary N) is 3. The van der Waals surface area contributed by atoms with Crippen molar-refractivity contribution in [2.24, 2.45) is 11.5 Å². The second kappa shape index (κ2) is 16.3. The van der Waals surface area contributed by atoms with Crippen LogP contribution in [0, 0.1) is 0 Å². The summed E-state index contributed by atoms with van der Waals surface area (Å²) in [4.78, 5) is 70.2. The molecule has 0 aromatic carbocycles. The topological polar surface area (TPSA) is 271 Å². The molecule has 34 heavy (non-hydrogen) atoms. The standard InChI is InChI=1S/C19H33N5O10/c20-8-2-1-3-11(22-16(30)10(21)4-6-14(26)27)17(31)23-12(5-7-15(28)29)18(32)24-13(9-25)19(33)34/h10-13,25H,1-9,20-21H2,(H,22,30)(H,23,31)(H,24,32)(H,26,27)(H,28,29)(H,33,34). The minimum atomic E-state index is -1.68. The molecule has 0 aliphatic heterocycles. The summed E-state index contributed by atoms with van der Waals surface area (Å²) in [5.41, 5.74) is 11.1. The lowest BCUT2D eigenvalue weighted by atomic mass is 10.0. The number of nitrogens with two attached hydrogens (primary N) is 2. The number of aliphatic carboxylic acids is 3. The number of aliphatic hydroxyl groups is 1. The van der Waals surface area contributed by atoms with Gasteiger partial charge in [-0.15, -0.1) is 0 Å². The second-order valence-electron chi connectivity index (χ2n) is 7.46. The number of hydrogen-bond acceptors (Lipinski definition) is 9. The average molecular weight is 491 g/mol. The molecule has 0 spiro atoms. The maximum atomic E-state index is 12.8. The summed E-state index contributed by atoms with van der Waals surface area (Å²) >= 11 is 0. The van der Waals surface area contributed by atoms with Crippen LogP contribution in [0.2, 0.25) is 0 Å². The molecule has 0 heterocycles. The van der Waals surface area contributed by atoms with Gasteiger partial charge in [-0.05, 0) is 38.6 Å². The first-order valence-electron chi connectivity index (χ1n) is 10.6. The van der Waals surface area contributed by atoms with Crippen LogP contribution < -0.4 is 27.4 Å². The third-order valence-corrected chi connectivity index (χ3v) is 4.66. The molecule has 0 aliphatic rings. The van der Waals surface area contributed by atoms with Gasteiger partial charge < -0.3 is 47.8 Å². The van der Waals surface area contributed by atoms with Crippen LogP contribution in [0.25, 0.3) is 0 Å². The first-order chi connectivity index (χ1) is 15.9. The Balaban J connectivity index is 5.46. The molecule has 0 saturated carbocycles. The van der Waals surface area contributed by atoms with Crippen molar-refractivity contribution >= 4 is 35.6 Å². The van der Waals surface area contributed by atoms with Gasteiger partial charge in [-0.2, -0.15) is 0 Å². The fourth-order valence-electron chi connectivity index (χ4n) is 2.72. The highest BCUT2D eigenvalue weighted by Crippen LogP contribution is 2.06. The van der Waals surface area contributed by atoms with Gasteiger partial charge in [0, 0.05) is 12.8 Å². The fraction of sp³-hybridized carbons (Fsp3) is 0.684. The van der Waals surface area contributed by atoms with Crippen molar-refractivity contribution in [2.45, 2.75) is 69.1 Å². The number of carbonyl (C=O) groups excluding carboxylic acids is 3. The lowest BCUT2D eigenvalue weighted by Crippen LogP contribution is -2.57. The predicted octanol–water partition coefficient (Wildman–Crippen LogP) is -3.30. The molecule has 15 nitrogen and oxygen atoms in total. The number of unbranched alkanes of at least 4 members (excludes halogenated alkanes) is 1. The van der Waals surface area contributed by atoms with Crippen LogP contribution in [-0.4, -0.2) is 93.4 Å². The number of aliphatic hydroxyl groups excluding tert-OH is 1. The maximum Gasteiger partial charge on any atom is 0.328 e. The molecule has 11 N–H and O–H groups in total. The van der Waals surface area contributed by atoms with Crippen molar-refractivity contribution in [1.29, 1.82) is 0 Å². The van der Waals surface area contributed by atoms with E-state index in [4.69, 9.17) is 31.9 Å². The Morgan fingerprint density at radius 1 is 0.676 bits per heavy atom. The van der Waals surface area contributed by atoms with Gasteiger partial charge in [-0.1, -0.05) is 0 Å². The third-order valence-electron chi connectivity index (χ3n) is 4.66. The molecule has 0 bridgehead atoms. The highest BCUT2D eigenvalue weighted by Gasteiger charge is 2.30. The molecule has 0 radical (unpaired) electrons. The van der Waals surface area contributed by atoms with E-state index in [1.807, 2.05) is 5.32 Å². The molecule has 0 aromatic heterocycles. The number of carbonyl (C=O) groups is 6. The first-order valence-corrected chi connectivity index (χ1v) is 10.6. The third kappa shape index (κ3) is 12.7. The van der Waals surface area contributed by atoms with E-state index in [0.29, 0.717) is 19.4 Å². The fourth-order valence-corrected chi connectivity index (χ4v) is 2.72. The van der Waals surface area contributed by atoms with Gasteiger partial charge in [-0.25, -0.2) is 4.79 Å². The van der Waals surface area contributed by atoms with Crippen LogP contribution in [0.5, 0.6) is 0 Å². The van der Waals surface area contributed by atoms with Crippen molar-refractivity contribution in [1.82, 2.24) is 16.0 Å². The first kappa shape index (κ1) is 30.7. The molecule has 15 heteroatoms. The minimum absolute atomic E-state index is 0.0854. The Morgan fingerprint density at radius 3 is 1.62 bits per heavy atom. The van der Waals surface area contributed by atoms with E-state index in [2.05, 4.69) is 10.6 Å². The van der Waals surface area contributed by atoms with E-state index >= 15 is 0 Å². The van der Waals surface area contributed by atoms with Crippen LogP contribution in [0.4, 0.5) is 0 Å². The zero-order valence-electron chi connectivity index (χ0n) is 18.6. The zero-order valence-corrected chi connectivity index (χ0v) is 18.6. The van der Waals surface area contributed by atoms with Gasteiger partial charge in [0.25, 0.3) is 0 Å². The van der Waals surface area contributed by atoms with E-state index in [1.54, 1.807) is 0 Å². The number of hydrogen-bond donors (Lipinski definition) is 9. The normalized spacial score (nSPS) is 14.2. The van der Waals surface area contributed by atoms with Crippen LogP contribution >= 0.6 is 0 Å². The molecule has 4 unspecified atom stereocenters. The van der Waals surface area contributed by atoms with E-state index in [1.165, 1.54) is 0 Å². The summed E-state index contributed by atoms with van der Waals surface area (Å²) in [6, 6.07) is -5.58. The average Bonchev–Trinajstić information content (AvgIpc) is 2.76. The van der Waals surface area contributed by atoms with Crippen molar-refractivity contribution in [3.05, 3.63) is 0 Å². The van der Waals surface area contributed by atoms with Gasteiger partial charge >= 0.3 is 17.9 Å². The molecule has 0 aromatic rings. The highest BCUT2D eigenvalue weighted by molar-refractivity contribution is 5.94. The van der Waals surface area contributed by atoms with E-state index in [-0.39, 0.29) is 19.3 Å². The number of amides is 3. The Morgan fingerprint density at radius 2 is 1.15 bits per heavy atom. The number of carboxylic acid groups (broad SMARTS) is 3. The molecule has 4 atom stereocenters. The van der Waals surface area contributed by atoms with E-state index in [9.17, 15) is 28.8 Å². The van der Waals surface area contributed by atoms with Crippen molar-refractivity contribution in [2.75, 3.05) is 13.2 Å². The summed E-state index contributed by atoms with van der Waals surface area (Å²) in [5.74, 6) is -6.68. The number of rotatable bonds is 18. The Kier molecular flexibility index (Phi) is 14.7. The largest absolute Gasteiger partial charge is 0.481 e. The molecule has 0 fully saturated rings. The molecule has 0 aliphatic carbocycles. The van der Waals surface area contributed by atoms with Gasteiger partial charge in [0.2, 0.25) is 17.7 Å². The monoisotopic (exact) mass is 491 g/mol. The minimum Gasteiger partial charge on any atom is -0.481 e. The molecule has 194 valence electrons. The predicted molar refractivity (Wildman–Crippen MR) is 115 cm³/mol. The van der Waals surface area contributed by atoms with E-state index < -0.39 is 79.2 Å². The van der Waals surface area contributed by atoms with Crippen molar-refractivity contribution in [3.8, 4) is 0 Å². The Bertz CT molecular complexity index is 732. The summed E-state index contributed by atoms with van der Waals surface area (Å²) in [6.45, 7) is -0.630. The van der Waals surface area contributed by atoms with Crippen molar-refractivity contribution < 1.29 is 49.2 Å². The summed E-state index contributed by atoms with van der Waals surface area (Å²) in [7, 11) is 0. The summed E-state index contributed by atoms with van der Waals surface area (Å²) < 4.78 is 0. The smallest absolute Gasteiger partial charge is 0.328 e. The van der Waals surface area contributed by atoms with Gasteiger partial charge in [0.05, 0.1) is 12.6 Å². The number of carboxylic acids is 3. The quantitative estimate of drug-likeness (QED) is 0.0853. The molecule has 0 rings (SSSR count). The SMILES string of the molecule is NCCCCC(NC(=O)C(N)CCC(=O)O)C(=O)NC(CCC(=O)O)C(=O)NC(CO)C(=O)O.